The van der Waals surface area contributed by atoms with Crippen LogP contribution in [0.4, 0.5) is 0 Å². The van der Waals surface area contributed by atoms with Gasteiger partial charge in [-0.25, -0.2) is 0 Å². The van der Waals surface area contributed by atoms with E-state index in [2.05, 4.69) is 18.7 Å². The summed E-state index contributed by atoms with van der Waals surface area (Å²) in [7, 11) is 0. The summed E-state index contributed by atoms with van der Waals surface area (Å²) in [5, 5.41) is 7.73. The molecule has 18 heavy (non-hydrogen) atoms. The molecule has 1 aliphatic heterocycles. The second kappa shape index (κ2) is 5.60. The van der Waals surface area contributed by atoms with Crippen molar-refractivity contribution in [2.24, 2.45) is 17.1 Å². The van der Waals surface area contributed by atoms with E-state index in [1.54, 1.807) is 0 Å². The maximum atomic E-state index is 7.73. The summed E-state index contributed by atoms with van der Waals surface area (Å²) in [5.74, 6) is 1.29. The Kier molecular flexibility index (Phi) is 4.31. The molecule has 2 rings (SSSR count). The van der Waals surface area contributed by atoms with Gasteiger partial charge in [0.25, 0.3) is 0 Å². The fourth-order valence-corrected chi connectivity index (χ4v) is 3.76. The number of nitrogens with two attached hydrogens (primary N) is 1. The predicted molar refractivity (Wildman–Crippen MR) is 76.9 cm³/mol. The highest BCUT2D eigenvalue weighted by atomic mass is 15.2. The summed E-state index contributed by atoms with van der Waals surface area (Å²) in [6.45, 7) is 6.77. The minimum atomic E-state index is -0.0348. The van der Waals surface area contributed by atoms with Crippen molar-refractivity contribution in [1.29, 1.82) is 5.41 Å². The molecule has 0 aromatic heterocycles. The molecule has 1 saturated carbocycles. The monoisotopic (exact) mass is 251 g/mol. The number of nitrogens with zero attached hydrogens (tertiary/aromatic N) is 1. The summed E-state index contributed by atoms with van der Waals surface area (Å²) in [5.41, 5.74) is 5.71. The van der Waals surface area contributed by atoms with Gasteiger partial charge in [0.2, 0.25) is 0 Å². The van der Waals surface area contributed by atoms with Crippen LogP contribution < -0.4 is 5.73 Å². The van der Waals surface area contributed by atoms with Crippen LogP contribution in [0.15, 0.2) is 0 Å². The summed E-state index contributed by atoms with van der Waals surface area (Å²) in [4.78, 5) is 2.69. The first-order valence-electron chi connectivity index (χ1n) is 7.65. The van der Waals surface area contributed by atoms with Crippen molar-refractivity contribution in [3.05, 3.63) is 0 Å². The van der Waals surface area contributed by atoms with Gasteiger partial charge in [-0.1, -0.05) is 33.1 Å². The maximum absolute atomic E-state index is 7.73. The van der Waals surface area contributed by atoms with E-state index in [1.807, 2.05) is 0 Å². The smallest absolute Gasteiger partial charge is 0.0966 e. The normalized spacial score (nSPS) is 33.2. The van der Waals surface area contributed by atoms with Crippen molar-refractivity contribution in [3.63, 3.8) is 0 Å². The molecule has 104 valence electrons. The molecule has 2 atom stereocenters. The van der Waals surface area contributed by atoms with E-state index < -0.39 is 0 Å². The minimum absolute atomic E-state index is 0.0348. The zero-order chi connectivity index (χ0) is 13.2. The van der Waals surface area contributed by atoms with Crippen molar-refractivity contribution in [2.75, 3.05) is 13.1 Å². The van der Waals surface area contributed by atoms with Crippen LogP contribution in [0.25, 0.3) is 0 Å². The largest absolute Gasteiger partial charge is 0.387 e. The Morgan fingerprint density at radius 2 is 1.89 bits per heavy atom. The van der Waals surface area contributed by atoms with Gasteiger partial charge in [-0.2, -0.15) is 0 Å². The Bertz CT molecular complexity index is 292. The molecule has 1 aliphatic carbocycles. The number of rotatable bonds is 3. The topological polar surface area (TPSA) is 53.1 Å². The molecule has 0 bridgehead atoms. The van der Waals surface area contributed by atoms with Gasteiger partial charge < -0.3 is 10.6 Å². The van der Waals surface area contributed by atoms with Crippen LogP contribution in [0.3, 0.4) is 0 Å². The number of piperidine rings is 1. The lowest BCUT2D eigenvalue weighted by Gasteiger charge is -2.46. The van der Waals surface area contributed by atoms with Crippen LogP contribution >= 0.6 is 0 Å². The zero-order valence-electron chi connectivity index (χ0n) is 12.0. The maximum Gasteiger partial charge on any atom is 0.0966 e. The Morgan fingerprint density at radius 1 is 1.28 bits per heavy atom. The third-order valence-corrected chi connectivity index (χ3v) is 5.41. The number of hydrogen-bond acceptors (Lipinski definition) is 2. The summed E-state index contributed by atoms with van der Waals surface area (Å²) >= 11 is 0. The highest BCUT2D eigenvalue weighted by Crippen LogP contribution is 2.36. The third-order valence-electron chi connectivity index (χ3n) is 5.41. The van der Waals surface area contributed by atoms with Crippen LogP contribution in [0.2, 0.25) is 0 Å². The Labute approximate surface area is 112 Å². The Morgan fingerprint density at radius 3 is 2.44 bits per heavy atom. The Hall–Kier alpha value is -0.570. The molecule has 0 amide bonds. The van der Waals surface area contributed by atoms with Gasteiger partial charge in [0, 0.05) is 11.5 Å². The lowest BCUT2D eigenvalue weighted by molar-refractivity contribution is 0.0578. The lowest BCUT2D eigenvalue weighted by atomic mass is 9.76. The SMILES string of the molecule is CCC1CCCCC1N1CCC(C)(C(=N)N)CC1. The molecule has 1 heterocycles. The van der Waals surface area contributed by atoms with Gasteiger partial charge >= 0.3 is 0 Å². The minimum Gasteiger partial charge on any atom is -0.387 e. The van der Waals surface area contributed by atoms with Gasteiger partial charge in [0.05, 0.1) is 5.84 Å². The number of amidine groups is 1. The standard InChI is InChI=1S/C15H29N3/c1-3-12-6-4-5-7-13(12)18-10-8-15(2,9-11-18)14(16)17/h12-13H,3-11H2,1-2H3,(H3,16,17). The van der Waals surface area contributed by atoms with E-state index in [-0.39, 0.29) is 5.41 Å². The number of hydrogen-bond donors (Lipinski definition) is 2. The molecule has 2 fully saturated rings. The molecule has 1 saturated heterocycles. The molecule has 3 heteroatoms. The second-order valence-corrected chi connectivity index (χ2v) is 6.53. The van der Waals surface area contributed by atoms with Crippen molar-refractivity contribution in [2.45, 2.75) is 64.8 Å². The van der Waals surface area contributed by atoms with E-state index in [0.717, 1.165) is 37.9 Å². The second-order valence-electron chi connectivity index (χ2n) is 6.53. The molecule has 3 nitrogen and oxygen atoms in total. The van der Waals surface area contributed by atoms with E-state index in [9.17, 15) is 0 Å². The molecule has 2 aliphatic rings. The zero-order valence-corrected chi connectivity index (χ0v) is 12.0. The van der Waals surface area contributed by atoms with Crippen LogP contribution in [0, 0.1) is 16.7 Å². The number of likely N-dealkylation sites (tertiary alicyclic amines) is 1. The van der Waals surface area contributed by atoms with Gasteiger partial charge in [0.15, 0.2) is 0 Å². The molecule has 0 radical (unpaired) electrons. The molecular formula is C15H29N3. The number of nitrogens with one attached hydrogen (secondary N) is 1. The fourth-order valence-electron chi connectivity index (χ4n) is 3.76. The van der Waals surface area contributed by atoms with E-state index >= 15 is 0 Å². The van der Waals surface area contributed by atoms with Gasteiger partial charge in [-0.15, -0.1) is 0 Å². The first kappa shape index (κ1) is 13.9. The third kappa shape index (κ3) is 2.71. The van der Waals surface area contributed by atoms with Crippen molar-refractivity contribution >= 4 is 5.84 Å². The molecule has 0 aromatic rings. The summed E-state index contributed by atoms with van der Waals surface area (Å²) in [6, 6.07) is 0.806. The van der Waals surface area contributed by atoms with E-state index in [4.69, 9.17) is 11.1 Å². The lowest BCUT2D eigenvalue weighted by Crippen LogP contribution is -2.51. The molecular weight excluding hydrogens is 222 g/mol. The average Bonchev–Trinajstić information content (AvgIpc) is 2.39. The van der Waals surface area contributed by atoms with Crippen molar-refractivity contribution in [3.8, 4) is 0 Å². The molecule has 0 aromatic carbocycles. The van der Waals surface area contributed by atoms with E-state index in [0.29, 0.717) is 5.84 Å². The highest BCUT2D eigenvalue weighted by Gasteiger charge is 2.37. The quantitative estimate of drug-likeness (QED) is 0.598. The van der Waals surface area contributed by atoms with Gasteiger partial charge in [-0.3, -0.25) is 5.41 Å². The Balaban J connectivity index is 1.94. The average molecular weight is 251 g/mol. The highest BCUT2D eigenvalue weighted by molar-refractivity contribution is 5.83. The molecule has 3 N–H and O–H groups in total. The first-order chi connectivity index (χ1) is 8.57. The van der Waals surface area contributed by atoms with E-state index in [1.165, 1.54) is 32.1 Å². The van der Waals surface area contributed by atoms with Crippen LogP contribution in [-0.4, -0.2) is 29.9 Å². The molecule has 2 unspecified atom stereocenters. The summed E-state index contributed by atoms with van der Waals surface area (Å²) < 4.78 is 0. The predicted octanol–water partition coefficient (Wildman–Crippen LogP) is 2.99. The van der Waals surface area contributed by atoms with Crippen LogP contribution in [-0.2, 0) is 0 Å². The fraction of sp³-hybridized carbons (Fsp3) is 0.933. The van der Waals surface area contributed by atoms with Crippen LogP contribution in [0.5, 0.6) is 0 Å². The van der Waals surface area contributed by atoms with Crippen LogP contribution in [0.1, 0.15) is 58.8 Å². The summed E-state index contributed by atoms with van der Waals surface area (Å²) in [6.07, 6.45) is 9.09. The van der Waals surface area contributed by atoms with Crippen molar-refractivity contribution in [1.82, 2.24) is 4.90 Å². The van der Waals surface area contributed by atoms with Crippen molar-refractivity contribution < 1.29 is 0 Å². The molecule has 0 spiro atoms. The van der Waals surface area contributed by atoms with Gasteiger partial charge in [-0.05, 0) is 44.7 Å². The first-order valence-corrected chi connectivity index (χ1v) is 7.65. The van der Waals surface area contributed by atoms with Gasteiger partial charge in [0.1, 0.15) is 0 Å².